The van der Waals surface area contributed by atoms with Gasteiger partial charge < -0.3 is 10.2 Å². The van der Waals surface area contributed by atoms with Crippen LogP contribution in [0.5, 0.6) is 0 Å². The molecule has 0 aromatic carbocycles. The summed E-state index contributed by atoms with van der Waals surface area (Å²) >= 11 is 0. The molecule has 2 N–H and O–H groups in total. The molecule has 0 saturated carbocycles. The predicted octanol–water partition coefficient (Wildman–Crippen LogP) is 3.65. The Morgan fingerprint density at radius 3 is 1.40 bits per heavy atom. The molecular formula is C14H32O9P2. The van der Waals surface area contributed by atoms with E-state index >= 15 is 0 Å². The van der Waals surface area contributed by atoms with Gasteiger partial charge in [-0.25, -0.2) is 9.13 Å². The molecule has 4 atom stereocenters. The zero-order valence-electron chi connectivity index (χ0n) is 15.5. The number of aliphatic hydroxyl groups excluding tert-OH is 2. The minimum absolute atomic E-state index is 0.0545. The Bertz CT molecular complexity index is 391. The third-order valence-electron chi connectivity index (χ3n) is 2.64. The van der Waals surface area contributed by atoms with Gasteiger partial charge in [0.15, 0.2) is 0 Å². The van der Waals surface area contributed by atoms with Crippen LogP contribution in [0.2, 0.25) is 0 Å². The topological polar surface area (TPSA) is 121 Å². The number of aliphatic hydroxyl groups is 2. The maximum atomic E-state index is 12.7. The third-order valence-corrected chi connectivity index (χ3v) is 6.17. The summed E-state index contributed by atoms with van der Waals surface area (Å²) in [4.78, 5) is 0. The number of rotatable bonds is 16. The van der Waals surface area contributed by atoms with Crippen LogP contribution in [0.1, 0.15) is 53.4 Å². The summed E-state index contributed by atoms with van der Waals surface area (Å²) in [6.07, 6.45) is 0.872. The average Bonchev–Trinajstić information content (AvgIpc) is 2.52. The molecule has 11 heteroatoms. The van der Waals surface area contributed by atoms with Gasteiger partial charge in [0.05, 0.1) is 38.6 Å². The lowest BCUT2D eigenvalue weighted by molar-refractivity contribution is 0.0586. The van der Waals surface area contributed by atoms with Crippen molar-refractivity contribution in [2.75, 3.05) is 26.4 Å². The van der Waals surface area contributed by atoms with E-state index in [0.717, 1.165) is 12.8 Å². The van der Waals surface area contributed by atoms with Crippen LogP contribution in [0, 0.1) is 0 Å². The maximum absolute atomic E-state index is 12.7. The molecule has 25 heavy (non-hydrogen) atoms. The number of unbranched alkanes of at least 4 members (excludes halogenated alkanes) is 2. The molecule has 0 radical (unpaired) electrons. The molecule has 0 aliphatic rings. The van der Waals surface area contributed by atoms with Crippen LogP contribution in [0.4, 0.5) is 0 Å². The van der Waals surface area contributed by atoms with Crippen molar-refractivity contribution < 1.29 is 41.7 Å². The van der Waals surface area contributed by atoms with Crippen LogP contribution in [-0.2, 0) is 31.5 Å². The molecule has 0 aromatic heterocycles. The maximum Gasteiger partial charge on any atom is 0.483 e. The molecule has 9 nitrogen and oxygen atoms in total. The fraction of sp³-hybridized carbons (Fsp3) is 1.00. The molecule has 0 aliphatic carbocycles. The molecule has 152 valence electrons. The van der Waals surface area contributed by atoms with Gasteiger partial charge in [-0.05, 0) is 26.7 Å². The second kappa shape index (κ2) is 13.4. The molecule has 0 bridgehead atoms. The van der Waals surface area contributed by atoms with Gasteiger partial charge in [0.25, 0.3) is 0 Å². The van der Waals surface area contributed by atoms with Gasteiger partial charge >= 0.3 is 15.6 Å². The van der Waals surface area contributed by atoms with E-state index in [4.69, 9.17) is 22.4 Å². The average molecular weight is 406 g/mol. The Balaban J connectivity index is 5.10. The smallest absolute Gasteiger partial charge is 0.391 e. The first-order chi connectivity index (χ1) is 11.7. The summed E-state index contributed by atoms with van der Waals surface area (Å²) < 4.78 is 50.7. The van der Waals surface area contributed by atoms with Gasteiger partial charge in [-0.1, -0.05) is 26.7 Å². The van der Waals surface area contributed by atoms with Gasteiger partial charge in [-0.2, -0.15) is 4.31 Å². The Kier molecular flexibility index (Phi) is 13.5. The fourth-order valence-electron chi connectivity index (χ4n) is 1.33. The fourth-order valence-corrected chi connectivity index (χ4v) is 4.72. The van der Waals surface area contributed by atoms with E-state index in [1.165, 1.54) is 13.8 Å². The van der Waals surface area contributed by atoms with Gasteiger partial charge in [-0.15, -0.1) is 0 Å². The van der Waals surface area contributed by atoms with E-state index in [1.807, 2.05) is 13.8 Å². The van der Waals surface area contributed by atoms with E-state index in [2.05, 4.69) is 0 Å². The van der Waals surface area contributed by atoms with Crippen molar-refractivity contribution >= 4 is 15.6 Å². The van der Waals surface area contributed by atoms with E-state index in [-0.39, 0.29) is 26.4 Å². The molecule has 0 amide bonds. The Morgan fingerprint density at radius 2 is 1.12 bits per heavy atom. The van der Waals surface area contributed by atoms with Crippen molar-refractivity contribution in [3.8, 4) is 0 Å². The highest BCUT2D eigenvalue weighted by molar-refractivity contribution is 7.62. The first-order valence-electron chi connectivity index (χ1n) is 8.52. The predicted molar refractivity (Wildman–Crippen MR) is 93.3 cm³/mol. The van der Waals surface area contributed by atoms with E-state index in [1.54, 1.807) is 0 Å². The lowest BCUT2D eigenvalue weighted by Gasteiger charge is -2.24. The van der Waals surface area contributed by atoms with Gasteiger partial charge in [0.2, 0.25) is 0 Å². The van der Waals surface area contributed by atoms with Gasteiger partial charge in [0.1, 0.15) is 0 Å². The number of phosphoric ester groups is 2. The first kappa shape index (κ1) is 25.2. The van der Waals surface area contributed by atoms with Crippen LogP contribution in [0.15, 0.2) is 0 Å². The zero-order chi connectivity index (χ0) is 19.3. The minimum atomic E-state index is -4.29. The van der Waals surface area contributed by atoms with E-state index in [0.29, 0.717) is 12.8 Å². The van der Waals surface area contributed by atoms with Crippen LogP contribution < -0.4 is 0 Å². The van der Waals surface area contributed by atoms with Gasteiger partial charge in [-0.3, -0.25) is 18.1 Å². The van der Waals surface area contributed by atoms with Crippen molar-refractivity contribution in [3.63, 3.8) is 0 Å². The van der Waals surface area contributed by atoms with Crippen molar-refractivity contribution in [2.24, 2.45) is 0 Å². The van der Waals surface area contributed by atoms with Crippen LogP contribution >= 0.6 is 15.6 Å². The monoisotopic (exact) mass is 406 g/mol. The molecule has 0 saturated heterocycles. The summed E-state index contributed by atoms with van der Waals surface area (Å²) in [5, 5.41) is 18.6. The molecular weight excluding hydrogens is 374 g/mol. The normalized spacial score (nSPS) is 19.1. The van der Waals surface area contributed by atoms with E-state index < -0.39 is 27.9 Å². The van der Waals surface area contributed by atoms with Crippen molar-refractivity contribution in [3.05, 3.63) is 0 Å². The third kappa shape index (κ3) is 13.1. The zero-order valence-corrected chi connectivity index (χ0v) is 17.2. The SMILES string of the molecule is CCCCOP(=O)(OCC(C)O)OP(=O)(OCCCC)OCC(C)O. The molecule has 0 heterocycles. The Morgan fingerprint density at radius 1 is 0.760 bits per heavy atom. The number of phosphoric acid groups is 2. The molecule has 4 unspecified atom stereocenters. The summed E-state index contributed by atoms with van der Waals surface area (Å²) in [6, 6.07) is 0. The van der Waals surface area contributed by atoms with Crippen molar-refractivity contribution in [2.45, 2.75) is 65.6 Å². The summed E-state index contributed by atoms with van der Waals surface area (Å²) in [5.41, 5.74) is 0. The van der Waals surface area contributed by atoms with Crippen LogP contribution in [-0.4, -0.2) is 48.8 Å². The molecule has 0 aliphatic heterocycles. The summed E-state index contributed by atoms with van der Waals surface area (Å²) in [6.45, 7) is 6.11. The number of hydrogen-bond acceptors (Lipinski definition) is 9. The largest absolute Gasteiger partial charge is 0.483 e. The van der Waals surface area contributed by atoms with Crippen LogP contribution in [0.3, 0.4) is 0 Å². The lowest BCUT2D eigenvalue weighted by atomic mass is 10.4. The number of hydrogen-bond donors (Lipinski definition) is 2. The van der Waals surface area contributed by atoms with Crippen molar-refractivity contribution in [1.82, 2.24) is 0 Å². The minimum Gasteiger partial charge on any atom is -0.391 e. The molecule has 0 fully saturated rings. The van der Waals surface area contributed by atoms with E-state index in [9.17, 15) is 19.3 Å². The highest BCUT2D eigenvalue weighted by atomic mass is 31.3. The summed E-state index contributed by atoms with van der Waals surface area (Å²) in [7, 11) is -8.58. The highest BCUT2D eigenvalue weighted by Crippen LogP contribution is 2.66. The second-order valence-electron chi connectivity index (χ2n) is 5.64. The molecule has 0 aromatic rings. The standard InChI is InChI=1S/C14H32O9P2/c1-5-7-9-19-24(17,21-11-13(3)15)23-25(18,20-10-8-6-2)22-12-14(4)16/h13-16H,5-12H2,1-4H3. The Labute approximate surface area is 150 Å². The first-order valence-corrected chi connectivity index (χ1v) is 11.4. The summed E-state index contributed by atoms with van der Waals surface area (Å²) in [5.74, 6) is 0. The highest BCUT2D eigenvalue weighted by Gasteiger charge is 2.41. The van der Waals surface area contributed by atoms with Crippen LogP contribution in [0.25, 0.3) is 0 Å². The second-order valence-corrected chi connectivity index (χ2v) is 9.11. The quantitative estimate of drug-likeness (QED) is 0.292. The van der Waals surface area contributed by atoms with Gasteiger partial charge in [0, 0.05) is 0 Å². The lowest BCUT2D eigenvalue weighted by Crippen LogP contribution is -2.14. The molecule has 0 rings (SSSR count). The molecule has 0 spiro atoms. The van der Waals surface area contributed by atoms with Crippen molar-refractivity contribution in [1.29, 1.82) is 0 Å². The Hall–Kier alpha value is 0.180.